The number of benzene rings is 2. The maximum absolute atomic E-state index is 12.7. The lowest BCUT2D eigenvalue weighted by Crippen LogP contribution is -2.50. The third-order valence-corrected chi connectivity index (χ3v) is 6.69. The number of likely N-dealkylation sites (tertiary alicyclic amines) is 1. The lowest BCUT2D eigenvalue weighted by atomic mass is 10.0. The Balaban J connectivity index is 1.52. The molecule has 1 aliphatic rings. The summed E-state index contributed by atoms with van der Waals surface area (Å²) in [6.07, 6.45) is 5.10. The third kappa shape index (κ3) is 9.53. The highest BCUT2D eigenvalue weighted by Crippen LogP contribution is 2.16. The van der Waals surface area contributed by atoms with E-state index in [4.69, 9.17) is 4.74 Å². The summed E-state index contributed by atoms with van der Waals surface area (Å²) in [4.78, 5) is 29.4. The summed E-state index contributed by atoms with van der Waals surface area (Å²) < 4.78 is 5.91. The Bertz CT molecular complexity index is 908. The molecule has 0 aliphatic carbocycles. The second kappa shape index (κ2) is 15.1. The molecule has 36 heavy (non-hydrogen) atoms. The van der Waals surface area contributed by atoms with Crippen LogP contribution in [0.15, 0.2) is 54.6 Å². The molecule has 0 radical (unpaired) electrons. The smallest absolute Gasteiger partial charge is 0.317 e. The molecule has 196 valence electrons. The molecule has 0 spiro atoms. The number of likely N-dealkylation sites (N-methyl/N-ethyl adjacent to an activating group) is 1. The van der Waals surface area contributed by atoms with Crippen molar-refractivity contribution >= 4 is 11.9 Å². The summed E-state index contributed by atoms with van der Waals surface area (Å²) in [5.74, 6) is 0.668. The van der Waals surface area contributed by atoms with Crippen molar-refractivity contribution in [1.29, 1.82) is 0 Å². The van der Waals surface area contributed by atoms with Crippen LogP contribution in [0.1, 0.15) is 50.7 Å². The number of hydrogen-bond donors (Lipinski definition) is 2. The quantitative estimate of drug-likeness (QED) is 0.463. The van der Waals surface area contributed by atoms with Crippen LogP contribution < -0.4 is 15.4 Å². The normalized spacial score (nSPS) is 14.7. The Hall–Kier alpha value is -3.06. The van der Waals surface area contributed by atoms with Crippen molar-refractivity contribution in [2.24, 2.45) is 0 Å². The molecule has 1 saturated heterocycles. The fourth-order valence-electron chi connectivity index (χ4n) is 4.52. The van der Waals surface area contributed by atoms with E-state index in [0.717, 1.165) is 75.3 Å². The minimum absolute atomic E-state index is 0.00362. The number of nitrogens with one attached hydrogen (secondary N) is 2. The Morgan fingerprint density at radius 2 is 1.58 bits per heavy atom. The lowest BCUT2D eigenvalue weighted by molar-refractivity contribution is -0.120. The van der Waals surface area contributed by atoms with Gasteiger partial charge in [0.25, 0.3) is 0 Å². The number of ether oxygens (including phenoxy) is 1. The first-order chi connectivity index (χ1) is 17.6. The number of urea groups is 1. The van der Waals surface area contributed by atoms with Gasteiger partial charge in [0.15, 0.2) is 0 Å². The van der Waals surface area contributed by atoms with Gasteiger partial charge in [-0.3, -0.25) is 4.79 Å². The van der Waals surface area contributed by atoms with Gasteiger partial charge in [-0.1, -0.05) is 69.2 Å². The molecule has 0 saturated carbocycles. The largest absolute Gasteiger partial charge is 0.489 e. The molecule has 0 bridgehead atoms. The second-order valence-corrected chi connectivity index (χ2v) is 9.43. The number of nitrogens with zero attached hydrogens (tertiary/aromatic N) is 2. The van der Waals surface area contributed by atoms with E-state index >= 15 is 0 Å². The SMILES string of the molecule is CCN(CC)C[C@H](Cc1ccc(OCc2ccccc2)cc1)NC(=O)CNC(=O)N1CCCCCC1. The summed E-state index contributed by atoms with van der Waals surface area (Å²) in [5.41, 5.74) is 2.26. The van der Waals surface area contributed by atoms with Crippen molar-refractivity contribution < 1.29 is 14.3 Å². The van der Waals surface area contributed by atoms with Crippen LogP contribution in [0.3, 0.4) is 0 Å². The van der Waals surface area contributed by atoms with Crippen LogP contribution in [0.5, 0.6) is 5.75 Å². The van der Waals surface area contributed by atoms with Gasteiger partial charge in [-0.05, 0) is 55.6 Å². The van der Waals surface area contributed by atoms with E-state index in [2.05, 4.69) is 41.5 Å². The highest BCUT2D eigenvalue weighted by molar-refractivity contribution is 5.84. The van der Waals surface area contributed by atoms with Gasteiger partial charge in [0, 0.05) is 25.7 Å². The average Bonchev–Trinajstić information content (AvgIpc) is 3.20. The van der Waals surface area contributed by atoms with Crippen molar-refractivity contribution in [3.05, 3.63) is 65.7 Å². The zero-order chi connectivity index (χ0) is 25.6. The minimum atomic E-state index is -0.154. The minimum Gasteiger partial charge on any atom is -0.489 e. The topological polar surface area (TPSA) is 73.9 Å². The van der Waals surface area contributed by atoms with Crippen LogP contribution in [0.25, 0.3) is 0 Å². The first-order valence-electron chi connectivity index (χ1n) is 13.4. The molecule has 1 atom stereocenters. The van der Waals surface area contributed by atoms with Crippen molar-refractivity contribution in [2.45, 2.75) is 58.6 Å². The number of carbonyl (C=O) groups excluding carboxylic acids is 2. The van der Waals surface area contributed by atoms with Gasteiger partial charge < -0.3 is 25.2 Å². The summed E-state index contributed by atoms with van der Waals surface area (Å²) >= 11 is 0. The number of hydrogen-bond acceptors (Lipinski definition) is 4. The van der Waals surface area contributed by atoms with E-state index in [1.807, 2.05) is 47.4 Å². The molecule has 0 aromatic heterocycles. The Kier molecular flexibility index (Phi) is 11.6. The molecule has 0 unspecified atom stereocenters. The first kappa shape index (κ1) is 27.5. The van der Waals surface area contributed by atoms with Crippen molar-refractivity contribution in [3.8, 4) is 5.75 Å². The van der Waals surface area contributed by atoms with Crippen molar-refractivity contribution in [2.75, 3.05) is 39.3 Å². The van der Waals surface area contributed by atoms with Crippen LogP contribution in [0.4, 0.5) is 4.79 Å². The van der Waals surface area contributed by atoms with Gasteiger partial charge in [-0.15, -0.1) is 0 Å². The maximum atomic E-state index is 12.7. The molecule has 1 fully saturated rings. The van der Waals surface area contributed by atoms with Gasteiger partial charge in [-0.25, -0.2) is 4.79 Å². The van der Waals surface area contributed by atoms with Gasteiger partial charge in [0.2, 0.25) is 5.91 Å². The predicted molar refractivity (Wildman–Crippen MR) is 144 cm³/mol. The number of rotatable bonds is 12. The Labute approximate surface area is 216 Å². The molecule has 2 N–H and O–H groups in total. The number of carbonyl (C=O) groups is 2. The molecule has 3 amide bonds. The summed E-state index contributed by atoms with van der Waals surface area (Å²) in [6.45, 7) is 8.91. The van der Waals surface area contributed by atoms with Gasteiger partial charge in [0.05, 0.1) is 6.54 Å². The van der Waals surface area contributed by atoms with Gasteiger partial charge in [0.1, 0.15) is 12.4 Å². The van der Waals surface area contributed by atoms with E-state index in [1.165, 1.54) is 0 Å². The van der Waals surface area contributed by atoms with Crippen LogP contribution in [0, 0.1) is 0 Å². The maximum Gasteiger partial charge on any atom is 0.317 e. The Morgan fingerprint density at radius 3 is 2.22 bits per heavy atom. The van der Waals surface area contributed by atoms with Gasteiger partial charge >= 0.3 is 6.03 Å². The monoisotopic (exact) mass is 494 g/mol. The molecular formula is C29H42N4O3. The van der Waals surface area contributed by atoms with E-state index in [0.29, 0.717) is 13.0 Å². The summed E-state index contributed by atoms with van der Waals surface area (Å²) in [5, 5.41) is 5.96. The molecule has 7 heteroatoms. The zero-order valence-electron chi connectivity index (χ0n) is 21.9. The molecule has 1 heterocycles. The molecule has 2 aromatic rings. The molecule has 2 aromatic carbocycles. The summed E-state index contributed by atoms with van der Waals surface area (Å²) in [6, 6.07) is 18.0. The lowest BCUT2D eigenvalue weighted by Gasteiger charge is -2.27. The predicted octanol–water partition coefficient (Wildman–Crippen LogP) is 4.22. The summed E-state index contributed by atoms with van der Waals surface area (Å²) in [7, 11) is 0. The highest BCUT2D eigenvalue weighted by atomic mass is 16.5. The van der Waals surface area contributed by atoms with E-state index in [1.54, 1.807) is 0 Å². The van der Waals surface area contributed by atoms with Crippen LogP contribution in [-0.2, 0) is 17.8 Å². The fourth-order valence-corrected chi connectivity index (χ4v) is 4.52. The van der Waals surface area contributed by atoms with Crippen LogP contribution in [-0.4, -0.2) is 67.0 Å². The van der Waals surface area contributed by atoms with Crippen molar-refractivity contribution in [1.82, 2.24) is 20.4 Å². The van der Waals surface area contributed by atoms with E-state index in [-0.39, 0.29) is 24.5 Å². The molecule has 1 aliphatic heterocycles. The van der Waals surface area contributed by atoms with Crippen molar-refractivity contribution in [3.63, 3.8) is 0 Å². The molecular weight excluding hydrogens is 452 g/mol. The van der Waals surface area contributed by atoms with Gasteiger partial charge in [-0.2, -0.15) is 0 Å². The standard InChI is InChI=1S/C29H42N4O3/c1-3-32(4-2)22-26(31-28(34)21-30-29(35)33-18-10-5-6-11-19-33)20-24-14-16-27(17-15-24)36-23-25-12-8-7-9-13-25/h7-9,12-17,26H,3-6,10-11,18-23H2,1-2H3,(H,30,35)(H,31,34)/t26-/m0/s1. The zero-order valence-corrected chi connectivity index (χ0v) is 21.9. The number of amides is 3. The highest BCUT2D eigenvalue weighted by Gasteiger charge is 2.19. The second-order valence-electron chi connectivity index (χ2n) is 9.43. The average molecular weight is 495 g/mol. The van der Waals surface area contributed by atoms with E-state index < -0.39 is 0 Å². The molecule has 3 rings (SSSR count). The van der Waals surface area contributed by atoms with Crippen LogP contribution in [0.2, 0.25) is 0 Å². The third-order valence-electron chi connectivity index (χ3n) is 6.69. The van der Waals surface area contributed by atoms with E-state index in [9.17, 15) is 9.59 Å². The fraction of sp³-hybridized carbons (Fsp3) is 0.517. The first-order valence-corrected chi connectivity index (χ1v) is 13.4. The Morgan fingerprint density at radius 1 is 0.917 bits per heavy atom. The molecule has 7 nitrogen and oxygen atoms in total. The van der Waals surface area contributed by atoms with Crippen LogP contribution >= 0.6 is 0 Å².